The van der Waals surface area contributed by atoms with Crippen LogP contribution in [-0.2, 0) is 16.1 Å². The number of rotatable bonds is 4. The summed E-state index contributed by atoms with van der Waals surface area (Å²) in [6.07, 6.45) is 7.21. The number of likely N-dealkylation sites (N-methyl/N-ethyl adjacent to an activating group) is 1. The van der Waals surface area contributed by atoms with Crippen LogP contribution in [0.5, 0.6) is 0 Å². The number of nitrogens with zero attached hydrogens (tertiary/aromatic N) is 3. The van der Waals surface area contributed by atoms with Crippen molar-refractivity contribution in [2.45, 2.75) is 57.0 Å². The highest BCUT2D eigenvalue weighted by atomic mass is 16.5. The first-order chi connectivity index (χ1) is 18.0. The van der Waals surface area contributed by atoms with E-state index in [0.29, 0.717) is 23.9 Å². The lowest BCUT2D eigenvalue weighted by atomic mass is 9.81. The number of benzene rings is 2. The first kappa shape index (κ1) is 24.2. The lowest BCUT2D eigenvalue weighted by Crippen LogP contribution is -2.38. The van der Waals surface area contributed by atoms with Gasteiger partial charge in [0.15, 0.2) is 0 Å². The van der Waals surface area contributed by atoms with Gasteiger partial charge in [0, 0.05) is 35.5 Å². The molecular formula is C31H37N3O3. The summed E-state index contributed by atoms with van der Waals surface area (Å²) in [6.45, 7) is 2.05. The molecule has 0 unspecified atom stereocenters. The highest BCUT2D eigenvalue weighted by molar-refractivity contribution is 5.99. The summed E-state index contributed by atoms with van der Waals surface area (Å²) in [5.41, 5.74) is 6.96. The van der Waals surface area contributed by atoms with Crippen LogP contribution in [0.4, 0.5) is 0 Å². The molecule has 1 amide bonds. The van der Waals surface area contributed by atoms with Crippen molar-refractivity contribution in [2.24, 2.45) is 5.92 Å². The molecule has 6 heteroatoms. The van der Waals surface area contributed by atoms with E-state index in [1.165, 1.54) is 67.0 Å². The average Bonchev–Trinajstić information content (AvgIpc) is 3.43. The molecule has 3 aromatic rings. The van der Waals surface area contributed by atoms with Gasteiger partial charge in [-0.25, -0.2) is 4.79 Å². The molecule has 2 fully saturated rings. The predicted molar refractivity (Wildman–Crippen MR) is 146 cm³/mol. The lowest BCUT2D eigenvalue weighted by Gasteiger charge is -2.30. The van der Waals surface area contributed by atoms with Gasteiger partial charge in [0.2, 0.25) is 5.91 Å². The molecule has 1 saturated carbocycles. The highest BCUT2D eigenvalue weighted by Crippen LogP contribution is 2.51. The molecule has 37 heavy (non-hydrogen) atoms. The van der Waals surface area contributed by atoms with Crippen molar-refractivity contribution in [1.82, 2.24) is 14.4 Å². The Labute approximate surface area is 219 Å². The molecular weight excluding hydrogens is 462 g/mol. The Morgan fingerprint density at radius 3 is 2.57 bits per heavy atom. The number of fused-ring (bicyclic) bond motifs is 7. The zero-order valence-corrected chi connectivity index (χ0v) is 22.2. The zero-order chi connectivity index (χ0) is 25.7. The van der Waals surface area contributed by atoms with Gasteiger partial charge < -0.3 is 19.1 Å². The van der Waals surface area contributed by atoms with Crippen molar-refractivity contribution >= 4 is 22.8 Å². The number of carbonyl (C=O) groups is 2. The summed E-state index contributed by atoms with van der Waals surface area (Å²) in [5.74, 6) is 0.730. The third-order valence-corrected chi connectivity index (χ3v) is 8.78. The van der Waals surface area contributed by atoms with Crippen LogP contribution in [0.1, 0.15) is 72.0 Å². The smallest absolute Gasteiger partial charge is 0.337 e. The second kappa shape index (κ2) is 9.64. The van der Waals surface area contributed by atoms with Crippen molar-refractivity contribution < 1.29 is 14.3 Å². The topological polar surface area (TPSA) is 54.8 Å². The van der Waals surface area contributed by atoms with Gasteiger partial charge in [-0.2, -0.15) is 0 Å². The second-order valence-corrected chi connectivity index (χ2v) is 11.3. The van der Waals surface area contributed by atoms with E-state index in [1.807, 2.05) is 31.1 Å². The number of esters is 1. The monoisotopic (exact) mass is 499 g/mol. The fourth-order valence-electron chi connectivity index (χ4n) is 7.22. The van der Waals surface area contributed by atoms with Crippen LogP contribution in [0.2, 0.25) is 0 Å². The lowest BCUT2D eigenvalue weighted by molar-refractivity contribution is -0.133. The Kier molecular flexibility index (Phi) is 6.31. The van der Waals surface area contributed by atoms with Gasteiger partial charge in [-0.05, 0) is 62.5 Å². The number of amides is 1. The molecule has 2 aliphatic heterocycles. The van der Waals surface area contributed by atoms with Crippen LogP contribution in [0, 0.1) is 5.92 Å². The van der Waals surface area contributed by atoms with Crippen molar-refractivity contribution in [3.8, 4) is 11.3 Å². The summed E-state index contributed by atoms with van der Waals surface area (Å²) in [4.78, 5) is 29.9. The van der Waals surface area contributed by atoms with Crippen LogP contribution >= 0.6 is 0 Å². The molecule has 1 aliphatic carbocycles. The van der Waals surface area contributed by atoms with E-state index in [1.54, 1.807) is 0 Å². The maximum atomic E-state index is 13.3. The Morgan fingerprint density at radius 1 is 1.03 bits per heavy atom. The molecule has 0 radical (unpaired) electrons. The van der Waals surface area contributed by atoms with Gasteiger partial charge in [0.25, 0.3) is 0 Å². The van der Waals surface area contributed by atoms with Gasteiger partial charge in [-0.15, -0.1) is 0 Å². The van der Waals surface area contributed by atoms with E-state index in [-0.39, 0.29) is 17.9 Å². The van der Waals surface area contributed by atoms with E-state index < -0.39 is 0 Å². The maximum absolute atomic E-state index is 13.3. The quantitative estimate of drug-likeness (QED) is 0.438. The minimum Gasteiger partial charge on any atom is -0.465 e. The third-order valence-electron chi connectivity index (χ3n) is 8.78. The Hall–Kier alpha value is -3.12. The second-order valence-electron chi connectivity index (χ2n) is 11.3. The van der Waals surface area contributed by atoms with E-state index in [0.717, 1.165) is 25.0 Å². The molecule has 2 aromatic carbocycles. The summed E-state index contributed by atoms with van der Waals surface area (Å²) in [5, 5.41) is 1.27. The maximum Gasteiger partial charge on any atom is 0.337 e. The van der Waals surface area contributed by atoms with Gasteiger partial charge in [-0.1, -0.05) is 49.6 Å². The summed E-state index contributed by atoms with van der Waals surface area (Å²) in [7, 11) is 5.36. The first-order valence-electron chi connectivity index (χ1n) is 13.8. The van der Waals surface area contributed by atoms with Crippen LogP contribution in [0.25, 0.3) is 22.2 Å². The van der Waals surface area contributed by atoms with Crippen molar-refractivity contribution in [3.05, 3.63) is 59.2 Å². The van der Waals surface area contributed by atoms with Crippen LogP contribution in [0.15, 0.2) is 42.5 Å². The number of aromatic nitrogens is 1. The minimum absolute atomic E-state index is 0.0709. The molecule has 1 aromatic heterocycles. The minimum atomic E-state index is -0.301. The van der Waals surface area contributed by atoms with E-state index in [2.05, 4.69) is 39.8 Å². The molecule has 6 nitrogen and oxygen atoms in total. The van der Waals surface area contributed by atoms with Crippen molar-refractivity contribution in [1.29, 1.82) is 0 Å². The number of likely N-dealkylation sites (tertiary alicyclic amines) is 1. The molecule has 0 spiro atoms. The molecule has 3 heterocycles. The average molecular weight is 500 g/mol. The Bertz CT molecular complexity index is 1350. The number of methoxy groups -OCH3 is 1. The Balaban J connectivity index is 1.58. The largest absolute Gasteiger partial charge is 0.465 e. The number of ether oxygens (including phenoxy) is 1. The van der Waals surface area contributed by atoms with Gasteiger partial charge in [0.05, 0.1) is 31.0 Å². The fraction of sp³-hybridized carbons (Fsp3) is 0.484. The molecule has 6 rings (SSSR count). The van der Waals surface area contributed by atoms with Crippen LogP contribution in [-0.4, -0.2) is 60.5 Å². The molecule has 0 N–H and O–H groups in total. The molecule has 0 bridgehead atoms. The van der Waals surface area contributed by atoms with Gasteiger partial charge >= 0.3 is 5.97 Å². The van der Waals surface area contributed by atoms with E-state index in [9.17, 15) is 9.59 Å². The number of hydrogen-bond donors (Lipinski definition) is 0. The third kappa shape index (κ3) is 4.06. The predicted octanol–water partition coefficient (Wildman–Crippen LogP) is 5.61. The summed E-state index contributed by atoms with van der Waals surface area (Å²) < 4.78 is 7.56. The molecule has 1 saturated heterocycles. The summed E-state index contributed by atoms with van der Waals surface area (Å²) in [6, 6.07) is 14.9. The van der Waals surface area contributed by atoms with E-state index in [4.69, 9.17) is 4.74 Å². The standard InChI is InChI=1S/C31H37N3O3/c1-32(2)19-27(35)33-16-15-22-18-34-26-17-21(31(36)37-3)13-14-25(26)28(20-9-5-4-6-10-20)30(34)24-12-8-7-11-23(24)29(22)33/h7-8,11-14,17,20,22,29H,4-6,9-10,15-16,18-19H2,1-3H3/t22-,29-/m0/s1. The summed E-state index contributed by atoms with van der Waals surface area (Å²) >= 11 is 0. The Morgan fingerprint density at radius 2 is 1.81 bits per heavy atom. The highest BCUT2D eigenvalue weighted by Gasteiger charge is 2.43. The number of carbonyl (C=O) groups excluding carboxylic acids is 2. The number of hydrogen-bond acceptors (Lipinski definition) is 4. The molecule has 3 aliphatic rings. The van der Waals surface area contributed by atoms with Gasteiger partial charge in [0.1, 0.15) is 0 Å². The first-order valence-corrected chi connectivity index (χ1v) is 13.8. The fourth-order valence-corrected chi connectivity index (χ4v) is 7.22. The SMILES string of the molecule is COC(=O)c1ccc2c(C3CCCCC3)c3n(c2c1)C[C@@H]1CCN(C(=O)CN(C)C)[C@@H]1c1ccccc1-3. The van der Waals surface area contributed by atoms with Crippen LogP contribution < -0.4 is 0 Å². The molecule has 2 atom stereocenters. The normalized spacial score (nSPS) is 21.5. The zero-order valence-electron chi connectivity index (χ0n) is 22.2. The van der Waals surface area contributed by atoms with Gasteiger partial charge in [-0.3, -0.25) is 4.79 Å². The van der Waals surface area contributed by atoms with Crippen molar-refractivity contribution in [3.63, 3.8) is 0 Å². The van der Waals surface area contributed by atoms with E-state index >= 15 is 0 Å². The van der Waals surface area contributed by atoms with Crippen LogP contribution in [0.3, 0.4) is 0 Å². The van der Waals surface area contributed by atoms with Crippen molar-refractivity contribution in [2.75, 3.05) is 34.3 Å². The molecule has 194 valence electrons.